The van der Waals surface area contributed by atoms with E-state index in [1.807, 2.05) is 18.7 Å². The number of nitrogen functional groups attached to an aromatic ring is 1. The van der Waals surface area contributed by atoms with Gasteiger partial charge in [-0.15, -0.1) is 0 Å². The minimum atomic E-state index is -3.67. The highest BCUT2D eigenvalue weighted by Gasteiger charge is 2.48. The average molecular weight is 510 g/mol. The molecule has 1 aromatic heterocycles. The van der Waals surface area contributed by atoms with E-state index >= 15 is 0 Å². The fourth-order valence-electron chi connectivity index (χ4n) is 4.28. The lowest BCUT2D eigenvalue weighted by molar-refractivity contribution is -0.144. The van der Waals surface area contributed by atoms with E-state index < -0.39 is 15.5 Å². The molecule has 0 aliphatic carbocycles. The Hall–Kier alpha value is -3.19. The smallest absolute Gasteiger partial charge is 0.261 e. The number of hydrogen-bond donors (Lipinski definition) is 2. The fourth-order valence-corrected chi connectivity index (χ4v) is 4.28. The number of aromatic nitrogens is 2. The zero-order valence-electron chi connectivity index (χ0n) is 20.4. The van der Waals surface area contributed by atoms with Crippen molar-refractivity contribution in [3.63, 3.8) is 0 Å². The number of methoxy groups -OCH3 is 2. The number of carbonyl (C=O) groups is 2. The quantitative estimate of drug-likeness (QED) is 0.453. The summed E-state index contributed by atoms with van der Waals surface area (Å²) in [4.78, 5) is 37.7. The molecule has 0 bridgehead atoms. The van der Waals surface area contributed by atoms with E-state index in [-0.39, 0.29) is 24.3 Å². The molecule has 192 valence electrons. The highest BCUT2D eigenvalue weighted by atomic mass is 32.2. The number of benzene rings is 1. The summed E-state index contributed by atoms with van der Waals surface area (Å²) in [7, 11) is -0.529. The van der Waals surface area contributed by atoms with Gasteiger partial charge >= 0.3 is 0 Å². The number of piperidine rings is 1. The van der Waals surface area contributed by atoms with Crippen molar-refractivity contribution in [2.75, 3.05) is 44.2 Å². The van der Waals surface area contributed by atoms with Gasteiger partial charge in [0.2, 0.25) is 17.8 Å². The molecule has 12 nitrogen and oxygen atoms in total. The minimum absolute atomic E-state index is 0.0711. The number of anilines is 2. The van der Waals surface area contributed by atoms with E-state index in [0.717, 1.165) is 0 Å². The highest BCUT2D eigenvalue weighted by molar-refractivity contribution is 7.85. The molecule has 3 N–H and O–H groups in total. The van der Waals surface area contributed by atoms with Crippen LogP contribution in [-0.4, -0.2) is 79.3 Å². The topological polar surface area (TPSA) is 165 Å². The van der Waals surface area contributed by atoms with Gasteiger partial charge in [-0.25, -0.2) is 4.98 Å². The minimum Gasteiger partial charge on any atom is -0.493 e. The first-order valence-corrected chi connectivity index (χ1v) is 12.8. The summed E-state index contributed by atoms with van der Waals surface area (Å²) in [6, 6.07) is 3.48. The Labute approximate surface area is 204 Å². The van der Waals surface area contributed by atoms with Crippen LogP contribution in [0, 0.1) is 5.41 Å². The van der Waals surface area contributed by atoms with Crippen molar-refractivity contribution in [2.45, 2.75) is 39.2 Å². The summed E-state index contributed by atoms with van der Waals surface area (Å²) >= 11 is 0. The van der Waals surface area contributed by atoms with E-state index in [0.29, 0.717) is 66.4 Å². The summed E-state index contributed by atoms with van der Waals surface area (Å²) in [5.74, 6) is 1.89. The summed E-state index contributed by atoms with van der Waals surface area (Å²) in [6.45, 7) is 4.94. The molecule has 2 saturated heterocycles. The SMILES string of the molecule is COc1cc2nc(N3CCC(N4C(=O)CC(C)(C)C4=O)CC3)nc(N)c2cc1OC.CS(=O)(=O)O. The van der Waals surface area contributed by atoms with Gasteiger partial charge in [0.05, 0.1) is 31.4 Å². The van der Waals surface area contributed by atoms with Crippen molar-refractivity contribution < 1.29 is 32.0 Å². The summed E-state index contributed by atoms with van der Waals surface area (Å²) in [5, 5.41) is 0.696. The lowest BCUT2D eigenvalue weighted by Crippen LogP contribution is -2.48. The molecule has 35 heavy (non-hydrogen) atoms. The van der Waals surface area contributed by atoms with Crippen molar-refractivity contribution >= 4 is 44.6 Å². The molecule has 0 unspecified atom stereocenters. The van der Waals surface area contributed by atoms with Crippen molar-refractivity contribution in [1.82, 2.24) is 14.9 Å². The molecular weight excluding hydrogens is 478 g/mol. The third kappa shape index (κ3) is 5.90. The van der Waals surface area contributed by atoms with Crippen LogP contribution < -0.4 is 20.1 Å². The maximum absolute atomic E-state index is 12.6. The Balaban J connectivity index is 0.000000623. The van der Waals surface area contributed by atoms with Crippen molar-refractivity contribution in [2.24, 2.45) is 5.41 Å². The molecule has 2 aliphatic rings. The molecule has 4 rings (SSSR count). The van der Waals surface area contributed by atoms with Gasteiger partial charge in [0.25, 0.3) is 10.1 Å². The molecule has 2 aromatic rings. The second-order valence-electron chi connectivity index (χ2n) is 9.21. The Morgan fingerprint density at radius 2 is 1.63 bits per heavy atom. The monoisotopic (exact) mass is 509 g/mol. The number of ether oxygens (including phenoxy) is 2. The normalized spacial score (nSPS) is 18.5. The standard InChI is InChI=1S/C21H27N5O4.CH4O3S/c1-21(2)11-17(27)26(19(21)28)12-5-7-25(8-6-12)20-23-14-10-16(30-4)15(29-3)9-13(14)18(22)24-20;1-5(2,3)4/h9-10,12H,5-8,11H2,1-4H3,(H2,22,23,24);1H3,(H,2,3,4). The van der Waals surface area contributed by atoms with E-state index in [4.69, 9.17) is 19.8 Å². The second kappa shape index (κ2) is 9.82. The Morgan fingerprint density at radius 3 is 2.11 bits per heavy atom. The van der Waals surface area contributed by atoms with Gasteiger partial charge in [0.1, 0.15) is 5.82 Å². The molecule has 13 heteroatoms. The van der Waals surface area contributed by atoms with Gasteiger partial charge in [-0.05, 0) is 18.9 Å². The number of fused-ring (bicyclic) bond motifs is 1. The van der Waals surface area contributed by atoms with Gasteiger partial charge in [0.15, 0.2) is 11.5 Å². The van der Waals surface area contributed by atoms with Crippen LogP contribution in [0.1, 0.15) is 33.1 Å². The summed E-state index contributed by atoms with van der Waals surface area (Å²) < 4.78 is 36.6. The average Bonchev–Trinajstić information content (AvgIpc) is 2.98. The van der Waals surface area contributed by atoms with Crippen LogP contribution in [0.15, 0.2) is 12.1 Å². The van der Waals surface area contributed by atoms with Crippen LogP contribution in [0.3, 0.4) is 0 Å². The van der Waals surface area contributed by atoms with Crippen molar-refractivity contribution in [3.05, 3.63) is 12.1 Å². The lowest BCUT2D eigenvalue weighted by Gasteiger charge is -2.36. The number of amides is 2. The first-order valence-electron chi connectivity index (χ1n) is 11.0. The van der Waals surface area contributed by atoms with Crippen LogP contribution in [-0.2, 0) is 19.7 Å². The molecule has 0 spiro atoms. The largest absolute Gasteiger partial charge is 0.493 e. The number of imide groups is 1. The predicted molar refractivity (Wildman–Crippen MR) is 130 cm³/mol. The maximum atomic E-state index is 12.6. The molecule has 3 heterocycles. The number of rotatable bonds is 4. The zero-order valence-corrected chi connectivity index (χ0v) is 21.3. The molecule has 2 aliphatic heterocycles. The second-order valence-corrected chi connectivity index (χ2v) is 10.7. The Morgan fingerprint density at radius 1 is 1.09 bits per heavy atom. The van der Waals surface area contributed by atoms with Gasteiger partial charge in [-0.1, -0.05) is 13.8 Å². The zero-order chi connectivity index (χ0) is 26.1. The molecule has 2 amide bonds. The Bertz CT molecular complexity index is 1230. The molecule has 0 radical (unpaired) electrons. The number of hydrogen-bond acceptors (Lipinski definition) is 10. The summed E-state index contributed by atoms with van der Waals surface area (Å²) in [6.07, 6.45) is 2.36. The van der Waals surface area contributed by atoms with Crippen LogP contribution >= 0.6 is 0 Å². The van der Waals surface area contributed by atoms with Gasteiger partial charge in [0, 0.05) is 37.0 Å². The predicted octanol–water partition coefficient (Wildman–Crippen LogP) is 1.49. The number of likely N-dealkylation sites (tertiary alicyclic amines) is 1. The van der Waals surface area contributed by atoms with Crippen LogP contribution in [0.2, 0.25) is 0 Å². The number of nitrogens with zero attached hydrogens (tertiary/aromatic N) is 4. The van der Waals surface area contributed by atoms with Crippen LogP contribution in [0.25, 0.3) is 10.9 Å². The van der Waals surface area contributed by atoms with Crippen molar-refractivity contribution in [1.29, 1.82) is 0 Å². The summed E-state index contributed by atoms with van der Waals surface area (Å²) in [5.41, 5.74) is 6.26. The van der Waals surface area contributed by atoms with E-state index in [2.05, 4.69) is 9.97 Å². The maximum Gasteiger partial charge on any atom is 0.261 e. The molecule has 1 aromatic carbocycles. The van der Waals surface area contributed by atoms with Gasteiger partial charge in [-0.2, -0.15) is 13.4 Å². The third-order valence-electron chi connectivity index (χ3n) is 5.99. The van der Waals surface area contributed by atoms with Crippen LogP contribution in [0.4, 0.5) is 11.8 Å². The lowest BCUT2D eigenvalue weighted by atomic mass is 9.92. The van der Waals surface area contributed by atoms with Gasteiger partial charge in [-0.3, -0.25) is 19.0 Å². The fraction of sp³-hybridized carbons (Fsp3) is 0.545. The van der Waals surface area contributed by atoms with Crippen LogP contribution in [0.5, 0.6) is 11.5 Å². The Kier molecular flexibility index (Phi) is 7.41. The van der Waals surface area contributed by atoms with E-state index in [1.165, 1.54) is 4.90 Å². The molecular formula is C22H31N5O7S. The van der Waals surface area contributed by atoms with Crippen molar-refractivity contribution in [3.8, 4) is 11.5 Å². The van der Waals surface area contributed by atoms with Gasteiger partial charge < -0.3 is 20.1 Å². The first-order chi connectivity index (χ1) is 16.2. The number of nitrogens with two attached hydrogens (primary N) is 1. The first kappa shape index (κ1) is 26.4. The van der Waals surface area contributed by atoms with E-state index in [9.17, 15) is 18.0 Å². The third-order valence-corrected chi connectivity index (χ3v) is 5.99. The highest BCUT2D eigenvalue weighted by Crippen LogP contribution is 2.37. The number of carbonyl (C=O) groups excluding carboxylic acids is 2. The molecule has 2 fully saturated rings. The van der Waals surface area contributed by atoms with E-state index in [1.54, 1.807) is 26.4 Å². The molecule has 0 saturated carbocycles. The molecule has 0 atom stereocenters.